The van der Waals surface area contributed by atoms with E-state index >= 15 is 0 Å². The number of benzene rings is 2. The summed E-state index contributed by atoms with van der Waals surface area (Å²) in [6, 6.07) is 11.4. The minimum absolute atomic E-state index is 0.0407. The predicted octanol–water partition coefficient (Wildman–Crippen LogP) is 3.37. The second kappa shape index (κ2) is 7.61. The molecular formula is C17H17ClN2O3S. The van der Waals surface area contributed by atoms with Crippen LogP contribution in [0.3, 0.4) is 0 Å². The minimum atomic E-state index is -3.82. The molecule has 0 saturated carbocycles. The fourth-order valence-corrected chi connectivity index (χ4v) is 3.53. The number of hydrogen-bond acceptors (Lipinski definition) is 3. The van der Waals surface area contributed by atoms with E-state index in [-0.39, 0.29) is 22.0 Å². The van der Waals surface area contributed by atoms with Crippen LogP contribution in [0.1, 0.15) is 15.9 Å². The zero-order chi connectivity index (χ0) is 17.7. The largest absolute Gasteiger partial charge is 0.322 e. The summed E-state index contributed by atoms with van der Waals surface area (Å²) in [7, 11) is -3.82. The second-order valence-electron chi connectivity index (χ2n) is 5.05. The van der Waals surface area contributed by atoms with Gasteiger partial charge in [0.2, 0.25) is 10.0 Å². The van der Waals surface area contributed by atoms with Gasteiger partial charge in [0.05, 0.1) is 5.02 Å². The number of carbonyl (C=O) groups excluding carboxylic acids is 1. The number of anilines is 1. The van der Waals surface area contributed by atoms with Gasteiger partial charge in [-0.25, -0.2) is 13.1 Å². The molecule has 7 heteroatoms. The Morgan fingerprint density at radius 1 is 1.25 bits per heavy atom. The molecule has 0 aliphatic carbocycles. The summed E-state index contributed by atoms with van der Waals surface area (Å²) in [5, 5.41) is 2.80. The fourth-order valence-electron chi connectivity index (χ4n) is 2.00. The molecule has 0 aliphatic heterocycles. The molecular weight excluding hydrogens is 348 g/mol. The summed E-state index contributed by atoms with van der Waals surface area (Å²) in [6.45, 7) is 5.39. The topological polar surface area (TPSA) is 75.3 Å². The maximum Gasteiger partial charge on any atom is 0.255 e. The van der Waals surface area contributed by atoms with Crippen molar-refractivity contribution in [1.82, 2.24) is 4.72 Å². The number of carbonyl (C=O) groups is 1. The number of aryl methyl sites for hydroxylation is 1. The third-order valence-corrected chi connectivity index (χ3v) is 5.20. The highest BCUT2D eigenvalue weighted by Crippen LogP contribution is 2.23. The molecule has 0 aliphatic rings. The summed E-state index contributed by atoms with van der Waals surface area (Å²) < 4.78 is 26.8. The number of para-hydroxylation sites is 1. The van der Waals surface area contributed by atoms with E-state index in [2.05, 4.69) is 16.6 Å². The Morgan fingerprint density at radius 2 is 1.96 bits per heavy atom. The third-order valence-electron chi connectivity index (χ3n) is 3.29. The highest BCUT2D eigenvalue weighted by Gasteiger charge is 2.19. The molecule has 0 unspecified atom stereocenters. The second-order valence-corrected chi connectivity index (χ2v) is 7.20. The van der Waals surface area contributed by atoms with Crippen LogP contribution in [0.2, 0.25) is 5.02 Å². The van der Waals surface area contributed by atoms with Crippen LogP contribution < -0.4 is 10.0 Å². The fraction of sp³-hybridized carbons (Fsp3) is 0.118. The summed E-state index contributed by atoms with van der Waals surface area (Å²) in [6.07, 6.45) is 1.42. The van der Waals surface area contributed by atoms with Crippen LogP contribution in [0.25, 0.3) is 0 Å². The first-order valence-electron chi connectivity index (χ1n) is 7.12. The van der Waals surface area contributed by atoms with E-state index in [1.54, 1.807) is 12.1 Å². The van der Waals surface area contributed by atoms with E-state index in [0.717, 1.165) is 5.56 Å². The van der Waals surface area contributed by atoms with Gasteiger partial charge in [-0.1, -0.05) is 35.9 Å². The van der Waals surface area contributed by atoms with Crippen molar-refractivity contribution in [2.45, 2.75) is 11.8 Å². The molecule has 5 nitrogen and oxygen atoms in total. The molecule has 2 rings (SSSR count). The number of halogens is 1. The summed E-state index contributed by atoms with van der Waals surface area (Å²) >= 11 is 5.97. The van der Waals surface area contributed by atoms with E-state index in [4.69, 9.17) is 11.6 Å². The molecule has 0 radical (unpaired) electrons. The van der Waals surface area contributed by atoms with Gasteiger partial charge in [0.25, 0.3) is 5.91 Å². The molecule has 24 heavy (non-hydrogen) atoms. The van der Waals surface area contributed by atoms with Crippen LogP contribution in [-0.2, 0) is 10.0 Å². The molecule has 0 atom stereocenters. The highest BCUT2D eigenvalue weighted by molar-refractivity contribution is 7.89. The quantitative estimate of drug-likeness (QED) is 0.772. The molecule has 0 aromatic heterocycles. The lowest BCUT2D eigenvalue weighted by atomic mass is 10.1. The number of nitrogens with one attached hydrogen (secondary N) is 2. The Labute approximate surface area is 146 Å². The lowest BCUT2D eigenvalue weighted by Gasteiger charge is -2.11. The Morgan fingerprint density at radius 3 is 2.62 bits per heavy atom. The normalized spacial score (nSPS) is 11.1. The van der Waals surface area contributed by atoms with Gasteiger partial charge in [0.1, 0.15) is 4.90 Å². The van der Waals surface area contributed by atoms with Crippen LogP contribution in [0.4, 0.5) is 5.69 Å². The van der Waals surface area contributed by atoms with Crippen LogP contribution >= 0.6 is 11.6 Å². The van der Waals surface area contributed by atoms with Crippen LogP contribution in [0.15, 0.2) is 60.0 Å². The van der Waals surface area contributed by atoms with Gasteiger partial charge in [0, 0.05) is 17.8 Å². The molecule has 0 saturated heterocycles. The zero-order valence-electron chi connectivity index (χ0n) is 13.0. The van der Waals surface area contributed by atoms with E-state index in [1.807, 2.05) is 19.1 Å². The molecule has 126 valence electrons. The number of sulfonamides is 1. The van der Waals surface area contributed by atoms with Crippen LogP contribution in [0, 0.1) is 6.92 Å². The van der Waals surface area contributed by atoms with Crippen LogP contribution in [-0.4, -0.2) is 20.9 Å². The first kappa shape index (κ1) is 18.2. The Hall–Kier alpha value is -2.15. The van der Waals surface area contributed by atoms with Crippen molar-refractivity contribution >= 4 is 33.2 Å². The molecule has 1 amide bonds. The minimum Gasteiger partial charge on any atom is -0.322 e. The van der Waals surface area contributed by atoms with Gasteiger partial charge in [0.15, 0.2) is 0 Å². The average Bonchev–Trinajstić information content (AvgIpc) is 2.55. The van der Waals surface area contributed by atoms with Gasteiger partial charge < -0.3 is 5.32 Å². The monoisotopic (exact) mass is 364 g/mol. The van der Waals surface area contributed by atoms with Crippen molar-refractivity contribution in [3.8, 4) is 0 Å². The van der Waals surface area contributed by atoms with Gasteiger partial charge in [-0.3, -0.25) is 4.79 Å². The Balaban J connectivity index is 2.32. The smallest absolute Gasteiger partial charge is 0.255 e. The number of hydrogen-bond donors (Lipinski definition) is 2. The first-order valence-corrected chi connectivity index (χ1v) is 8.98. The first-order chi connectivity index (χ1) is 11.3. The van der Waals surface area contributed by atoms with Crippen molar-refractivity contribution < 1.29 is 13.2 Å². The van der Waals surface area contributed by atoms with E-state index < -0.39 is 15.9 Å². The van der Waals surface area contributed by atoms with Crippen molar-refractivity contribution in [2.24, 2.45) is 0 Å². The molecule has 2 aromatic carbocycles. The lowest BCUT2D eigenvalue weighted by molar-refractivity contribution is 0.102. The van der Waals surface area contributed by atoms with Gasteiger partial charge in [-0.2, -0.15) is 0 Å². The number of amides is 1. The van der Waals surface area contributed by atoms with Gasteiger partial charge in [-0.15, -0.1) is 6.58 Å². The summed E-state index contributed by atoms with van der Waals surface area (Å²) in [4.78, 5) is 12.2. The molecule has 0 heterocycles. The third kappa shape index (κ3) is 4.23. The molecule has 0 spiro atoms. The highest BCUT2D eigenvalue weighted by atomic mass is 35.5. The molecule has 0 fully saturated rings. The Bertz CT molecular complexity index is 879. The SMILES string of the molecule is C=CCNS(=O)(=O)c1cc(C(=O)Nc2ccccc2C)ccc1Cl. The van der Waals surface area contributed by atoms with Crippen LogP contribution in [0.5, 0.6) is 0 Å². The van der Waals surface area contributed by atoms with Crippen molar-refractivity contribution in [1.29, 1.82) is 0 Å². The summed E-state index contributed by atoms with van der Waals surface area (Å²) in [5.41, 5.74) is 1.76. The lowest BCUT2D eigenvalue weighted by Crippen LogP contribution is -2.24. The molecule has 2 N–H and O–H groups in total. The summed E-state index contributed by atoms with van der Waals surface area (Å²) in [5.74, 6) is -0.416. The number of rotatable bonds is 6. The van der Waals surface area contributed by atoms with Gasteiger partial charge in [-0.05, 0) is 36.8 Å². The van der Waals surface area contributed by atoms with Crippen molar-refractivity contribution in [3.05, 3.63) is 71.3 Å². The van der Waals surface area contributed by atoms with E-state index in [1.165, 1.54) is 24.3 Å². The molecule has 0 bridgehead atoms. The Kier molecular flexibility index (Phi) is 5.77. The maximum absolute atomic E-state index is 12.4. The van der Waals surface area contributed by atoms with Gasteiger partial charge >= 0.3 is 0 Å². The van der Waals surface area contributed by atoms with Crippen molar-refractivity contribution in [2.75, 3.05) is 11.9 Å². The average molecular weight is 365 g/mol. The van der Waals surface area contributed by atoms with E-state index in [9.17, 15) is 13.2 Å². The van der Waals surface area contributed by atoms with Crippen molar-refractivity contribution in [3.63, 3.8) is 0 Å². The zero-order valence-corrected chi connectivity index (χ0v) is 14.6. The predicted molar refractivity (Wildman–Crippen MR) is 96.0 cm³/mol. The maximum atomic E-state index is 12.4. The standard InChI is InChI=1S/C17H17ClN2O3S/c1-3-10-19-24(22,23)16-11-13(8-9-14(16)18)17(21)20-15-7-5-4-6-12(15)2/h3-9,11,19H,1,10H2,2H3,(H,20,21). The molecule has 2 aromatic rings. The van der Waals surface area contributed by atoms with E-state index in [0.29, 0.717) is 5.69 Å².